The van der Waals surface area contributed by atoms with Crippen molar-refractivity contribution < 1.29 is 14.3 Å². The molecule has 0 aliphatic heterocycles. The lowest BCUT2D eigenvalue weighted by Crippen LogP contribution is -2.03. The molecule has 0 amide bonds. The number of benzene rings is 1. The molecule has 0 spiro atoms. The van der Waals surface area contributed by atoms with E-state index in [9.17, 15) is 9.18 Å². The quantitative estimate of drug-likeness (QED) is 0.851. The fraction of sp³-hybridized carbons (Fsp3) is 0.182. The average Bonchev–Trinajstić information content (AvgIpc) is 2.61. The summed E-state index contributed by atoms with van der Waals surface area (Å²) in [7, 11) is 0. The van der Waals surface area contributed by atoms with Crippen molar-refractivity contribution in [2.24, 2.45) is 0 Å². The van der Waals surface area contributed by atoms with Crippen molar-refractivity contribution in [2.75, 3.05) is 0 Å². The van der Waals surface area contributed by atoms with Crippen molar-refractivity contribution in [3.05, 3.63) is 34.5 Å². The van der Waals surface area contributed by atoms with Crippen LogP contribution in [0.3, 0.4) is 0 Å². The minimum atomic E-state index is -1.01. The molecule has 0 unspecified atom stereocenters. The molecule has 0 atom stereocenters. The predicted octanol–water partition coefficient (Wildman–Crippen LogP) is 2.98. The Morgan fingerprint density at radius 3 is 3.00 bits per heavy atom. The van der Waals surface area contributed by atoms with Crippen LogP contribution in [0.25, 0.3) is 10.1 Å². The first-order valence-electron chi connectivity index (χ1n) is 4.46. The number of aliphatic carboxylic acids is 1. The molecule has 0 aliphatic rings. The highest BCUT2D eigenvalue weighted by molar-refractivity contribution is 7.17. The monoisotopic (exact) mass is 224 g/mol. The van der Waals surface area contributed by atoms with Gasteiger partial charge in [0, 0.05) is 10.3 Å². The number of carboxylic acid groups (broad SMARTS) is 1. The lowest BCUT2D eigenvalue weighted by molar-refractivity contribution is -0.136. The third-order valence-electron chi connectivity index (χ3n) is 2.32. The van der Waals surface area contributed by atoms with E-state index < -0.39 is 11.8 Å². The van der Waals surface area contributed by atoms with Gasteiger partial charge in [-0.1, -0.05) is 0 Å². The van der Waals surface area contributed by atoms with Crippen LogP contribution in [-0.4, -0.2) is 11.1 Å². The molecule has 2 aromatic rings. The Morgan fingerprint density at radius 1 is 1.60 bits per heavy atom. The van der Waals surface area contributed by atoms with E-state index in [1.807, 2.05) is 11.4 Å². The van der Waals surface area contributed by atoms with E-state index in [0.29, 0.717) is 5.56 Å². The molecule has 4 heteroatoms. The van der Waals surface area contributed by atoms with E-state index in [2.05, 4.69) is 0 Å². The Hall–Kier alpha value is -1.42. The highest BCUT2D eigenvalue weighted by atomic mass is 32.1. The summed E-state index contributed by atoms with van der Waals surface area (Å²) in [6.45, 7) is 1.68. The summed E-state index contributed by atoms with van der Waals surface area (Å²) in [6.07, 6.45) is -0.265. The second-order valence-corrected chi connectivity index (χ2v) is 4.30. The van der Waals surface area contributed by atoms with Crippen molar-refractivity contribution >= 4 is 27.4 Å². The number of rotatable bonds is 2. The number of fused-ring (bicyclic) bond motifs is 1. The van der Waals surface area contributed by atoms with Gasteiger partial charge in [0.05, 0.1) is 6.42 Å². The molecule has 0 saturated heterocycles. The molecule has 0 aliphatic carbocycles. The third-order valence-corrected chi connectivity index (χ3v) is 3.37. The molecule has 1 heterocycles. The molecular formula is C11H9FO2S. The van der Waals surface area contributed by atoms with Gasteiger partial charge in [0.1, 0.15) is 5.82 Å². The van der Waals surface area contributed by atoms with Crippen LogP contribution in [0.1, 0.15) is 11.1 Å². The number of halogens is 1. The van der Waals surface area contributed by atoms with Crippen molar-refractivity contribution in [1.82, 2.24) is 0 Å². The maximum Gasteiger partial charge on any atom is 0.307 e. The molecule has 1 aromatic heterocycles. The van der Waals surface area contributed by atoms with Gasteiger partial charge in [-0.05, 0) is 35.4 Å². The summed E-state index contributed by atoms with van der Waals surface area (Å²) in [4.78, 5) is 10.5. The van der Waals surface area contributed by atoms with Crippen LogP contribution < -0.4 is 0 Å². The minimum absolute atomic E-state index is 0.255. The number of carbonyl (C=O) groups is 1. The zero-order valence-electron chi connectivity index (χ0n) is 8.08. The van der Waals surface area contributed by atoms with Crippen LogP contribution >= 0.6 is 11.3 Å². The molecule has 1 N–H and O–H groups in total. The summed E-state index contributed by atoms with van der Waals surface area (Å²) < 4.78 is 14.6. The molecule has 2 nitrogen and oxygen atoms in total. The summed E-state index contributed by atoms with van der Waals surface area (Å²) in [6, 6.07) is 3.49. The van der Waals surface area contributed by atoms with Crippen LogP contribution in [0, 0.1) is 12.7 Å². The molecule has 78 valence electrons. The fourth-order valence-electron chi connectivity index (χ4n) is 1.62. The Balaban J connectivity index is 2.64. The van der Waals surface area contributed by atoms with Gasteiger partial charge in [-0.15, -0.1) is 11.3 Å². The Kier molecular flexibility index (Phi) is 2.44. The first kappa shape index (κ1) is 10.1. The molecule has 2 rings (SSSR count). The maximum atomic E-state index is 13.7. The van der Waals surface area contributed by atoms with Gasteiger partial charge in [0.15, 0.2) is 0 Å². The number of hydrogen-bond donors (Lipinski definition) is 1. The number of hydrogen-bond acceptors (Lipinski definition) is 2. The summed E-state index contributed by atoms with van der Waals surface area (Å²) in [5, 5.41) is 11.4. The Labute approximate surface area is 90.0 Å². The molecular weight excluding hydrogens is 215 g/mol. The van der Waals surface area contributed by atoms with Crippen LogP contribution in [0.15, 0.2) is 17.5 Å². The van der Waals surface area contributed by atoms with Crippen LogP contribution in [0.2, 0.25) is 0 Å². The summed E-state index contributed by atoms with van der Waals surface area (Å²) >= 11 is 1.47. The lowest BCUT2D eigenvalue weighted by atomic mass is 10.1. The average molecular weight is 224 g/mol. The summed E-state index contributed by atoms with van der Waals surface area (Å²) in [5.41, 5.74) is 0.796. The van der Waals surface area contributed by atoms with Crippen LogP contribution in [0.5, 0.6) is 0 Å². The van der Waals surface area contributed by atoms with Gasteiger partial charge >= 0.3 is 5.97 Å². The van der Waals surface area contributed by atoms with Crippen molar-refractivity contribution in [1.29, 1.82) is 0 Å². The Morgan fingerprint density at radius 2 is 2.33 bits per heavy atom. The van der Waals surface area contributed by atoms with Gasteiger partial charge in [-0.2, -0.15) is 0 Å². The smallest absolute Gasteiger partial charge is 0.307 e. The first-order chi connectivity index (χ1) is 7.09. The van der Waals surface area contributed by atoms with E-state index >= 15 is 0 Å². The second-order valence-electron chi connectivity index (χ2n) is 3.38. The SMILES string of the molecule is Cc1c(F)c(CC(=O)O)cc2ccsc12. The second kappa shape index (κ2) is 3.62. The van der Waals surface area contributed by atoms with Crippen LogP contribution in [-0.2, 0) is 11.2 Å². The zero-order valence-corrected chi connectivity index (χ0v) is 8.90. The van der Waals surface area contributed by atoms with Crippen LogP contribution in [0.4, 0.5) is 4.39 Å². The highest BCUT2D eigenvalue weighted by Gasteiger charge is 2.13. The largest absolute Gasteiger partial charge is 0.481 e. The third kappa shape index (κ3) is 1.72. The van der Waals surface area contributed by atoms with E-state index in [-0.39, 0.29) is 12.0 Å². The summed E-state index contributed by atoms with van der Waals surface area (Å²) in [5.74, 6) is -1.41. The molecule has 1 aromatic carbocycles. The fourth-order valence-corrected chi connectivity index (χ4v) is 2.50. The lowest BCUT2D eigenvalue weighted by Gasteiger charge is -2.04. The number of carboxylic acids is 1. The van der Waals surface area contributed by atoms with Crippen molar-refractivity contribution in [3.8, 4) is 0 Å². The molecule has 0 saturated carbocycles. The van der Waals surface area contributed by atoms with Crippen molar-refractivity contribution in [2.45, 2.75) is 13.3 Å². The predicted molar refractivity (Wildman–Crippen MR) is 57.9 cm³/mol. The molecule has 0 bridgehead atoms. The number of thiophene rings is 1. The van der Waals surface area contributed by atoms with Gasteiger partial charge in [0.25, 0.3) is 0 Å². The van der Waals surface area contributed by atoms with Gasteiger partial charge < -0.3 is 5.11 Å². The van der Waals surface area contributed by atoms with E-state index in [1.54, 1.807) is 13.0 Å². The normalized spacial score (nSPS) is 10.8. The zero-order chi connectivity index (χ0) is 11.0. The van der Waals surface area contributed by atoms with Gasteiger partial charge in [0.2, 0.25) is 0 Å². The molecule has 15 heavy (non-hydrogen) atoms. The molecule has 0 fully saturated rings. The van der Waals surface area contributed by atoms with E-state index in [4.69, 9.17) is 5.11 Å². The Bertz CT molecular complexity index is 531. The maximum absolute atomic E-state index is 13.7. The van der Waals surface area contributed by atoms with Crippen molar-refractivity contribution in [3.63, 3.8) is 0 Å². The highest BCUT2D eigenvalue weighted by Crippen LogP contribution is 2.28. The first-order valence-corrected chi connectivity index (χ1v) is 5.34. The topological polar surface area (TPSA) is 37.3 Å². The molecule has 0 radical (unpaired) electrons. The van der Waals surface area contributed by atoms with Gasteiger partial charge in [-0.25, -0.2) is 4.39 Å². The standard InChI is InChI=1S/C11H9FO2S/c1-6-10(12)8(5-9(13)14)4-7-2-3-15-11(6)7/h2-4H,5H2,1H3,(H,13,14). The van der Waals surface area contributed by atoms with E-state index in [1.165, 1.54) is 11.3 Å². The van der Waals surface area contributed by atoms with E-state index in [0.717, 1.165) is 10.1 Å². The minimum Gasteiger partial charge on any atom is -0.481 e. The van der Waals surface area contributed by atoms with Gasteiger partial charge in [-0.3, -0.25) is 4.79 Å². The number of aryl methyl sites for hydroxylation is 1.